The third-order valence-electron chi connectivity index (χ3n) is 1.52. The molecule has 1 aromatic heterocycles. The highest BCUT2D eigenvalue weighted by molar-refractivity contribution is 6.36. The van der Waals surface area contributed by atoms with E-state index in [0.717, 1.165) is 10.9 Å². The minimum Gasteiger partial charge on any atom is -0.352 e. The summed E-state index contributed by atoms with van der Waals surface area (Å²) in [6, 6.07) is 5.49. The number of aromatic amines is 1. The number of aromatic nitrogens is 1. The molecule has 55 valence electrons. The number of nitrogens with one attached hydrogen (secondary N) is 1. The van der Waals surface area contributed by atoms with Crippen molar-refractivity contribution in [3.63, 3.8) is 0 Å². The second-order valence-corrected chi connectivity index (χ2v) is 3.07. The molecule has 11 heavy (non-hydrogen) atoms. The van der Waals surface area contributed by atoms with Gasteiger partial charge in [0, 0.05) is 15.9 Å². The molecule has 1 radical (unpaired) electrons. The molecular weight excluding hydrogens is 181 g/mol. The molecule has 1 nitrogen and oxygen atoms in total. The van der Waals surface area contributed by atoms with Gasteiger partial charge in [-0.1, -0.05) is 23.2 Å². The first-order valence-electron chi connectivity index (χ1n) is 3.12. The highest BCUT2D eigenvalue weighted by Gasteiger charge is 2.00. The van der Waals surface area contributed by atoms with Gasteiger partial charge in [0.1, 0.15) is 0 Å². The van der Waals surface area contributed by atoms with Crippen molar-refractivity contribution in [3.8, 4) is 0 Å². The number of halogens is 2. The number of hydrogen-bond donors (Lipinski definition) is 1. The van der Waals surface area contributed by atoms with E-state index < -0.39 is 0 Å². The molecule has 1 N–H and O–H groups in total. The fourth-order valence-corrected chi connectivity index (χ4v) is 1.38. The first-order valence-corrected chi connectivity index (χ1v) is 3.87. The lowest BCUT2D eigenvalue weighted by Crippen LogP contribution is -1.66. The quantitative estimate of drug-likeness (QED) is 0.648. The molecule has 2 aromatic rings. The molecule has 0 saturated heterocycles. The van der Waals surface area contributed by atoms with Crippen LogP contribution in [0.15, 0.2) is 18.2 Å². The van der Waals surface area contributed by atoms with Crippen molar-refractivity contribution >= 4 is 34.1 Å². The highest BCUT2D eigenvalue weighted by atomic mass is 35.5. The zero-order chi connectivity index (χ0) is 7.84. The van der Waals surface area contributed by atoms with Gasteiger partial charge < -0.3 is 4.98 Å². The molecule has 1 heterocycles. The SMILES string of the molecule is Clc1ccc2c(Cl)[c][nH]c2c1. The third kappa shape index (κ3) is 1.10. The van der Waals surface area contributed by atoms with E-state index in [4.69, 9.17) is 23.2 Å². The maximum absolute atomic E-state index is 5.80. The van der Waals surface area contributed by atoms with Crippen LogP contribution in [0.1, 0.15) is 0 Å². The predicted octanol–water partition coefficient (Wildman–Crippen LogP) is 3.27. The zero-order valence-corrected chi connectivity index (χ0v) is 7.00. The summed E-state index contributed by atoms with van der Waals surface area (Å²) in [6.07, 6.45) is 2.79. The monoisotopic (exact) mass is 184 g/mol. The molecule has 0 atom stereocenters. The Morgan fingerprint density at radius 3 is 2.91 bits per heavy atom. The molecule has 0 unspecified atom stereocenters. The van der Waals surface area contributed by atoms with Crippen LogP contribution in [0.2, 0.25) is 10.0 Å². The third-order valence-corrected chi connectivity index (χ3v) is 2.06. The lowest BCUT2D eigenvalue weighted by Gasteiger charge is -1.90. The van der Waals surface area contributed by atoms with E-state index in [2.05, 4.69) is 11.2 Å². The number of rotatable bonds is 0. The van der Waals surface area contributed by atoms with Gasteiger partial charge in [-0.3, -0.25) is 0 Å². The summed E-state index contributed by atoms with van der Waals surface area (Å²) >= 11 is 11.5. The van der Waals surface area contributed by atoms with Crippen molar-refractivity contribution in [1.82, 2.24) is 4.98 Å². The van der Waals surface area contributed by atoms with Gasteiger partial charge >= 0.3 is 0 Å². The Morgan fingerprint density at radius 1 is 1.27 bits per heavy atom. The van der Waals surface area contributed by atoms with Gasteiger partial charge in [-0.15, -0.1) is 0 Å². The van der Waals surface area contributed by atoms with Gasteiger partial charge in [-0.05, 0) is 18.2 Å². The van der Waals surface area contributed by atoms with E-state index in [1.807, 2.05) is 12.1 Å². The summed E-state index contributed by atoms with van der Waals surface area (Å²) < 4.78 is 0. The average Bonchev–Trinajstić information content (AvgIpc) is 2.32. The molecule has 0 aliphatic rings. The van der Waals surface area contributed by atoms with Gasteiger partial charge in [0.25, 0.3) is 0 Å². The Labute approximate surface area is 73.9 Å². The Balaban J connectivity index is 2.86. The first-order chi connectivity index (χ1) is 5.27. The topological polar surface area (TPSA) is 15.8 Å². The van der Waals surface area contributed by atoms with Gasteiger partial charge in [0.2, 0.25) is 0 Å². The number of hydrogen-bond acceptors (Lipinski definition) is 0. The number of fused-ring (bicyclic) bond motifs is 1. The van der Waals surface area contributed by atoms with Crippen molar-refractivity contribution in [3.05, 3.63) is 34.4 Å². The lowest BCUT2D eigenvalue weighted by atomic mass is 10.2. The first kappa shape index (κ1) is 7.01. The van der Waals surface area contributed by atoms with Crippen LogP contribution in [0.25, 0.3) is 10.9 Å². The highest BCUT2D eigenvalue weighted by Crippen LogP contribution is 2.24. The van der Waals surface area contributed by atoms with Crippen molar-refractivity contribution in [2.45, 2.75) is 0 Å². The van der Waals surface area contributed by atoms with Crippen LogP contribution in [0, 0.1) is 6.20 Å². The summed E-state index contributed by atoms with van der Waals surface area (Å²) in [7, 11) is 0. The predicted molar refractivity (Wildman–Crippen MR) is 47.2 cm³/mol. The van der Waals surface area contributed by atoms with Gasteiger partial charge in [0.05, 0.1) is 11.2 Å². The van der Waals surface area contributed by atoms with Crippen LogP contribution in [-0.4, -0.2) is 4.98 Å². The molecule has 0 fully saturated rings. The smallest absolute Gasteiger partial charge is 0.0835 e. The van der Waals surface area contributed by atoms with Crippen molar-refractivity contribution < 1.29 is 0 Å². The Kier molecular flexibility index (Phi) is 1.55. The summed E-state index contributed by atoms with van der Waals surface area (Å²) in [5.41, 5.74) is 0.919. The van der Waals surface area contributed by atoms with Gasteiger partial charge in [-0.25, -0.2) is 0 Å². The largest absolute Gasteiger partial charge is 0.352 e. The van der Waals surface area contributed by atoms with Crippen molar-refractivity contribution in [2.24, 2.45) is 0 Å². The van der Waals surface area contributed by atoms with Crippen LogP contribution in [0.5, 0.6) is 0 Å². The van der Waals surface area contributed by atoms with Crippen LogP contribution in [0.3, 0.4) is 0 Å². The minimum absolute atomic E-state index is 0.608. The standard InChI is InChI=1S/C8H4Cl2N/c9-5-1-2-6-7(10)4-11-8(6)3-5/h1-3,11H. The Hall–Kier alpha value is -0.660. The summed E-state index contributed by atoms with van der Waals surface area (Å²) in [5.74, 6) is 0. The molecule has 1 aromatic carbocycles. The van der Waals surface area contributed by atoms with E-state index in [-0.39, 0.29) is 0 Å². The fourth-order valence-electron chi connectivity index (χ4n) is 1.00. The second kappa shape index (κ2) is 2.43. The van der Waals surface area contributed by atoms with Gasteiger partial charge in [-0.2, -0.15) is 0 Å². The van der Waals surface area contributed by atoms with Crippen LogP contribution < -0.4 is 0 Å². The van der Waals surface area contributed by atoms with Crippen LogP contribution >= 0.6 is 23.2 Å². The van der Waals surface area contributed by atoms with Crippen LogP contribution in [0.4, 0.5) is 0 Å². The average molecular weight is 185 g/mol. The fraction of sp³-hybridized carbons (Fsp3) is 0. The van der Waals surface area contributed by atoms with E-state index in [1.54, 1.807) is 6.07 Å². The molecule has 0 amide bonds. The summed E-state index contributed by atoms with van der Waals surface area (Å²) in [6.45, 7) is 0. The molecule has 0 aliphatic carbocycles. The summed E-state index contributed by atoms with van der Waals surface area (Å²) in [4.78, 5) is 2.89. The molecule has 3 heteroatoms. The van der Waals surface area contributed by atoms with E-state index in [9.17, 15) is 0 Å². The molecule has 2 rings (SSSR count). The molecular formula is C8H4Cl2N. The summed E-state index contributed by atoms with van der Waals surface area (Å²) in [5, 5.41) is 2.26. The van der Waals surface area contributed by atoms with Crippen LogP contribution in [-0.2, 0) is 0 Å². The lowest BCUT2D eigenvalue weighted by molar-refractivity contribution is 1.46. The minimum atomic E-state index is 0.608. The molecule has 0 spiro atoms. The Morgan fingerprint density at radius 2 is 2.09 bits per heavy atom. The van der Waals surface area contributed by atoms with E-state index >= 15 is 0 Å². The normalized spacial score (nSPS) is 10.7. The molecule has 0 saturated carbocycles. The van der Waals surface area contributed by atoms with E-state index in [1.165, 1.54) is 0 Å². The molecule has 0 bridgehead atoms. The van der Waals surface area contributed by atoms with E-state index in [0.29, 0.717) is 10.0 Å². The van der Waals surface area contributed by atoms with Crippen molar-refractivity contribution in [1.29, 1.82) is 0 Å². The number of benzene rings is 1. The molecule has 0 aliphatic heterocycles. The second-order valence-electron chi connectivity index (χ2n) is 2.25. The van der Waals surface area contributed by atoms with Gasteiger partial charge in [0.15, 0.2) is 0 Å². The Bertz CT molecular complexity index is 392. The van der Waals surface area contributed by atoms with Crippen molar-refractivity contribution in [2.75, 3.05) is 0 Å². The maximum atomic E-state index is 5.80. The maximum Gasteiger partial charge on any atom is 0.0835 e. The zero-order valence-electron chi connectivity index (χ0n) is 5.49. The number of H-pyrrole nitrogens is 1.